The first-order valence-electron chi connectivity index (χ1n) is 7.05. The van der Waals surface area contributed by atoms with Gasteiger partial charge in [-0.15, -0.1) is 11.3 Å². The van der Waals surface area contributed by atoms with Gasteiger partial charge >= 0.3 is 0 Å². The summed E-state index contributed by atoms with van der Waals surface area (Å²) in [5, 5.41) is 3.71. The molecule has 2 heterocycles. The fraction of sp³-hybridized carbons (Fsp3) is 0.786. The van der Waals surface area contributed by atoms with Crippen LogP contribution in [0, 0.1) is 5.92 Å². The van der Waals surface area contributed by atoms with Crippen molar-refractivity contribution in [1.82, 2.24) is 15.2 Å². The number of rotatable bonds is 5. The number of nitrogens with one attached hydrogen (secondary N) is 1. The van der Waals surface area contributed by atoms with Gasteiger partial charge in [0.1, 0.15) is 0 Å². The Morgan fingerprint density at radius 1 is 1.56 bits per heavy atom. The molecule has 1 aliphatic rings. The molecule has 0 bridgehead atoms. The van der Waals surface area contributed by atoms with Crippen LogP contribution < -0.4 is 5.32 Å². The van der Waals surface area contributed by atoms with E-state index >= 15 is 0 Å². The van der Waals surface area contributed by atoms with E-state index in [-0.39, 0.29) is 0 Å². The van der Waals surface area contributed by atoms with Gasteiger partial charge in [0.05, 0.1) is 5.51 Å². The molecule has 2 unspecified atom stereocenters. The Hall–Kier alpha value is -0.450. The van der Waals surface area contributed by atoms with Gasteiger partial charge < -0.3 is 5.32 Å². The van der Waals surface area contributed by atoms with Gasteiger partial charge in [-0.1, -0.05) is 27.2 Å². The fourth-order valence-electron chi connectivity index (χ4n) is 2.66. The first kappa shape index (κ1) is 14.0. The molecule has 0 amide bonds. The van der Waals surface area contributed by atoms with Crippen molar-refractivity contribution in [2.24, 2.45) is 5.92 Å². The Balaban J connectivity index is 2.00. The maximum Gasteiger partial charge on any atom is 0.0794 e. The molecule has 1 saturated heterocycles. The molecule has 1 fully saturated rings. The summed E-state index contributed by atoms with van der Waals surface area (Å²) in [5.74, 6) is 0.705. The molecule has 0 aromatic carbocycles. The van der Waals surface area contributed by atoms with E-state index in [0.29, 0.717) is 18.0 Å². The van der Waals surface area contributed by atoms with Crippen LogP contribution in [-0.4, -0.2) is 35.1 Å². The Morgan fingerprint density at radius 3 is 3.00 bits per heavy atom. The van der Waals surface area contributed by atoms with Crippen molar-refractivity contribution >= 4 is 11.3 Å². The Labute approximate surface area is 115 Å². The lowest BCUT2D eigenvalue weighted by atomic mass is 9.97. The van der Waals surface area contributed by atoms with Crippen LogP contribution in [0.4, 0.5) is 0 Å². The molecule has 0 radical (unpaired) electrons. The van der Waals surface area contributed by atoms with Crippen LogP contribution in [0.15, 0.2) is 11.7 Å². The van der Waals surface area contributed by atoms with E-state index < -0.39 is 0 Å². The third kappa shape index (κ3) is 3.53. The Morgan fingerprint density at radius 2 is 2.39 bits per heavy atom. The molecule has 18 heavy (non-hydrogen) atoms. The molecular formula is C14H25N3S. The first-order chi connectivity index (χ1) is 8.70. The molecule has 1 aromatic heterocycles. The van der Waals surface area contributed by atoms with Gasteiger partial charge in [0.25, 0.3) is 0 Å². The molecule has 0 spiro atoms. The lowest BCUT2D eigenvalue weighted by Gasteiger charge is -2.41. The second kappa shape index (κ2) is 6.64. The summed E-state index contributed by atoms with van der Waals surface area (Å²) >= 11 is 1.77. The van der Waals surface area contributed by atoms with E-state index in [4.69, 9.17) is 0 Å². The van der Waals surface area contributed by atoms with Crippen LogP contribution in [0.3, 0.4) is 0 Å². The smallest absolute Gasteiger partial charge is 0.0794 e. The fourth-order valence-corrected chi connectivity index (χ4v) is 3.28. The molecular weight excluding hydrogens is 242 g/mol. The number of hydrogen-bond donors (Lipinski definition) is 1. The molecule has 102 valence electrons. The van der Waals surface area contributed by atoms with E-state index in [1.54, 1.807) is 11.3 Å². The molecule has 2 rings (SSSR count). The number of nitrogens with zero attached hydrogens (tertiary/aromatic N) is 2. The van der Waals surface area contributed by atoms with Crippen LogP contribution in [0.2, 0.25) is 0 Å². The highest BCUT2D eigenvalue weighted by atomic mass is 32.1. The summed E-state index contributed by atoms with van der Waals surface area (Å²) in [6, 6.07) is 1.32. The summed E-state index contributed by atoms with van der Waals surface area (Å²) in [6.45, 7) is 10.3. The summed E-state index contributed by atoms with van der Waals surface area (Å²) < 4.78 is 0. The van der Waals surface area contributed by atoms with Crippen molar-refractivity contribution in [3.8, 4) is 0 Å². The van der Waals surface area contributed by atoms with Crippen LogP contribution in [0.25, 0.3) is 0 Å². The molecule has 1 aliphatic heterocycles. The van der Waals surface area contributed by atoms with Crippen molar-refractivity contribution in [2.45, 2.75) is 52.2 Å². The van der Waals surface area contributed by atoms with Gasteiger partial charge in [-0.05, 0) is 12.3 Å². The average Bonchev–Trinajstić information content (AvgIpc) is 2.84. The van der Waals surface area contributed by atoms with Gasteiger partial charge in [0.2, 0.25) is 0 Å². The largest absolute Gasteiger partial charge is 0.311 e. The maximum atomic E-state index is 4.19. The summed E-state index contributed by atoms with van der Waals surface area (Å²) in [6.07, 6.45) is 4.56. The van der Waals surface area contributed by atoms with Gasteiger partial charge in [0.15, 0.2) is 0 Å². The van der Waals surface area contributed by atoms with Crippen molar-refractivity contribution in [3.05, 3.63) is 16.6 Å². The molecule has 1 N–H and O–H groups in total. The topological polar surface area (TPSA) is 28.2 Å². The molecule has 2 atom stereocenters. The van der Waals surface area contributed by atoms with Gasteiger partial charge in [-0.2, -0.15) is 0 Å². The number of aromatic nitrogens is 1. The lowest BCUT2D eigenvalue weighted by molar-refractivity contribution is 0.101. The van der Waals surface area contributed by atoms with Crippen molar-refractivity contribution < 1.29 is 0 Å². The molecule has 1 aromatic rings. The van der Waals surface area contributed by atoms with Crippen molar-refractivity contribution in [1.29, 1.82) is 0 Å². The SMILES string of the molecule is CCCC1CNC(C(C)C)CN1Cc1cncs1. The predicted molar refractivity (Wildman–Crippen MR) is 77.8 cm³/mol. The van der Waals surface area contributed by atoms with Gasteiger partial charge in [-0.25, -0.2) is 0 Å². The zero-order chi connectivity index (χ0) is 13.0. The highest BCUT2D eigenvalue weighted by molar-refractivity contribution is 7.09. The second-order valence-corrected chi connectivity index (χ2v) is 6.57. The van der Waals surface area contributed by atoms with E-state index in [2.05, 4.69) is 36.0 Å². The standard InChI is InChI=1S/C14H25N3S/c1-4-5-12-6-16-14(11(2)3)9-17(12)8-13-7-15-10-18-13/h7,10-12,14,16H,4-6,8-9H2,1-3H3. The third-order valence-corrected chi connectivity index (χ3v) is 4.60. The van der Waals surface area contributed by atoms with Crippen molar-refractivity contribution in [2.75, 3.05) is 13.1 Å². The monoisotopic (exact) mass is 267 g/mol. The second-order valence-electron chi connectivity index (χ2n) is 5.60. The summed E-state index contributed by atoms with van der Waals surface area (Å²) in [5.41, 5.74) is 1.94. The Bertz CT molecular complexity index is 337. The minimum absolute atomic E-state index is 0.631. The first-order valence-corrected chi connectivity index (χ1v) is 7.93. The van der Waals surface area contributed by atoms with Gasteiger partial charge in [0, 0.05) is 42.8 Å². The third-order valence-electron chi connectivity index (χ3n) is 3.83. The van der Waals surface area contributed by atoms with Crippen LogP contribution in [0.1, 0.15) is 38.5 Å². The zero-order valence-electron chi connectivity index (χ0n) is 11.7. The van der Waals surface area contributed by atoms with E-state index in [1.807, 2.05) is 11.7 Å². The molecule has 0 aliphatic carbocycles. The van der Waals surface area contributed by atoms with Crippen LogP contribution in [0.5, 0.6) is 0 Å². The quantitative estimate of drug-likeness (QED) is 0.889. The molecule has 4 heteroatoms. The number of thiazole rings is 1. The minimum atomic E-state index is 0.631. The normalized spacial score (nSPS) is 25.8. The average molecular weight is 267 g/mol. The predicted octanol–water partition coefficient (Wildman–Crippen LogP) is 2.74. The molecule has 0 saturated carbocycles. The van der Waals surface area contributed by atoms with E-state index in [9.17, 15) is 0 Å². The zero-order valence-corrected chi connectivity index (χ0v) is 12.5. The molecule has 3 nitrogen and oxygen atoms in total. The number of piperazine rings is 1. The van der Waals surface area contributed by atoms with Gasteiger partial charge in [-0.3, -0.25) is 9.88 Å². The highest BCUT2D eigenvalue weighted by Crippen LogP contribution is 2.20. The Kier molecular flexibility index (Phi) is 5.15. The highest BCUT2D eigenvalue weighted by Gasteiger charge is 2.28. The number of hydrogen-bond acceptors (Lipinski definition) is 4. The maximum absolute atomic E-state index is 4.19. The summed E-state index contributed by atoms with van der Waals surface area (Å²) in [7, 11) is 0. The lowest BCUT2D eigenvalue weighted by Crippen LogP contribution is -2.57. The van der Waals surface area contributed by atoms with Crippen LogP contribution in [-0.2, 0) is 6.54 Å². The van der Waals surface area contributed by atoms with Crippen LogP contribution >= 0.6 is 11.3 Å². The van der Waals surface area contributed by atoms with E-state index in [1.165, 1.54) is 24.3 Å². The van der Waals surface area contributed by atoms with Crippen molar-refractivity contribution in [3.63, 3.8) is 0 Å². The minimum Gasteiger partial charge on any atom is -0.311 e. The van der Waals surface area contributed by atoms with E-state index in [0.717, 1.165) is 13.1 Å². The summed E-state index contributed by atoms with van der Waals surface area (Å²) in [4.78, 5) is 8.23.